The molecule has 132 valence electrons. The highest BCUT2D eigenvalue weighted by atomic mass is 16.5. The van der Waals surface area contributed by atoms with Crippen LogP contribution in [0.3, 0.4) is 0 Å². The van der Waals surface area contributed by atoms with Crippen molar-refractivity contribution in [2.75, 3.05) is 19.5 Å². The smallest absolute Gasteiger partial charge is 0.238 e. The van der Waals surface area contributed by atoms with Crippen LogP contribution >= 0.6 is 0 Å². The Kier molecular flexibility index (Phi) is 5.49. The molecule has 0 bridgehead atoms. The maximum atomic E-state index is 13.1. The predicted octanol–water partition coefficient (Wildman–Crippen LogP) is 3.87. The molecule has 3 rings (SSSR count). The summed E-state index contributed by atoms with van der Waals surface area (Å²) in [5, 5.41) is 2.95. The molecule has 1 amide bonds. The molecule has 1 atom stereocenters. The molecule has 0 radical (unpaired) electrons. The molecule has 3 aromatic rings. The third-order valence-electron chi connectivity index (χ3n) is 4.05. The van der Waals surface area contributed by atoms with Crippen LogP contribution in [0.5, 0.6) is 11.5 Å². The van der Waals surface area contributed by atoms with E-state index < -0.39 is 5.92 Å². The Morgan fingerprint density at radius 1 is 0.962 bits per heavy atom. The lowest BCUT2D eigenvalue weighted by molar-refractivity contribution is -0.116. The first-order valence-electron chi connectivity index (χ1n) is 8.21. The number of amides is 1. The molecule has 1 aromatic heterocycles. The highest BCUT2D eigenvalue weighted by Gasteiger charge is 2.24. The zero-order valence-electron chi connectivity index (χ0n) is 14.7. The monoisotopic (exact) mass is 348 g/mol. The summed E-state index contributed by atoms with van der Waals surface area (Å²) in [5.74, 6) is 0.484. The van der Waals surface area contributed by atoms with Gasteiger partial charge in [-0.1, -0.05) is 36.4 Å². The van der Waals surface area contributed by atoms with Crippen LogP contribution in [0, 0.1) is 0 Å². The summed E-state index contributed by atoms with van der Waals surface area (Å²) in [6.45, 7) is 0. The molecule has 0 spiro atoms. The van der Waals surface area contributed by atoms with E-state index in [2.05, 4.69) is 10.3 Å². The molecule has 1 N–H and O–H groups in total. The van der Waals surface area contributed by atoms with Gasteiger partial charge in [0, 0.05) is 12.3 Å². The second-order valence-electron chi connectivity index (χ2n) is 5.65. The van der Waals surface area contributed by atoms with Crippen molar-refractivity contribution in [3.8, 4) is 11.5 Å². The van der Waals surface area contributed by atoms with Gasteiger partial charge < -0.3 is 14.8 Å². The number of carbonyl (C=O) groups excluding carboxylic acids is 1. The average Bonchev–Trinajstić information content (AvgIpc) is 2.70. The van der Waals surface area contributed by atoms with Gasteiger partial charge in [-0.25, -0.2) is 0 Å². The Balaban J connectivity index is 1.94. The number of pyridine rings is 1. The molecule has 1 unspecified atom stereocenters. The second kappa shape index (κ2) is 8.16. The molecule has 0 aliphatic rings. The quantitative estimate of drug-likeness (QED) is 0.735. The van der Waals surface area contributed by atoms with Crippen LogP contribution in [-0.2, 0) is 4.79 Å². The van der Waals surface area contributed by atoms with Crippen LogP contribution < -0.4 is 14.8 Å². The lowest BCUT2D eigenvalue weighted by atomic mass is 9.94. The molecule has 0 saturated heterocycles. The summed E-state index contributed by atoms with van der Waals surface area (Å²) in [5.41, 5.74) is 2.13. The summed E-state index contributed by atoms with van der Waals surface area (Å²) >= 11 is 0. The predicted molar refractivity (Wildman–Crippen MR) is 101 cm³/mol. The SMILES string of the molecule is COc1ccc(NC(=O)C(c2ccccc2)c2ccccn2)c(OC)c1. The summed E-state index contributed by atoms with van der Waals surface area (Å²) in [4.78, 5) is 17.5. The number of rotatable bonds is 6. The molecule has 0 aliphatic heterocycles. The number of benzene rings is 2. The minimum absolute atomic E-state index is 0.182. The molecule has 5 nitrogen and oxygen atoms in total. The van der Waals surface area contributed by atoms with E-state index in [1.54, 1.807) is 38.6 Å². The van der Waals surface area contributed by atoms with Gasteiger partial charge in [-0.15, -0.1) is 0 Å². The van der Waals surface area contributed by atoms with Gasteiger partial charge in [0.2, 0.25) is 5.91 Å². The van der Waals surface area contributed by atoms with E-state index in [1.807, 2.05) is 48.5 Å². The van der Waals surface area contributed by atoms with Crippen molar-refractivity contribution in [3.05, 3.63) is 84.2 Å². The van der Waals surface area contributed by atoms with E-state index in [9.17, 15) is 4.79 Å². The zero-order valence-corrected chi connectivity index (χ0v) is 14.7. The Labute approximate surface area is 152 Å². The van der Waals surface area contributed by atoms with Crippen LogP contribution in [-0.4, -0.2) is 25.1 Å². The summed E-state index contributed by atoms with van der Waals surface area (Å²) in [6.07, 6.45) is 1.69. The number of nitrogens with one attached hydrogen (secondary N) is 1. The summed E-state index contributed by atoms with van der Waals surface area (Å²) in [7, 11) is 3.14. The van der Waals surface area contributed by atoms with Gasteiger partial charge in [0.05, 0.1) is 25.6 Å². The van der Waals surface area contributed by atoms with E-state index in [1.165, 1.54) is 0 Å². The first kappa shape index (κ1) is 17.5. The van der Waals surface area contributed by atoms with Gasteiger partial charge >= 0.3 is 0 Å². The van der Waals surface area contributed by atoms with Gasteiger partial charge in [0.15, 0.2) is 0 Å². The van der Waals surface area contributed by atoms with Crippen molar-refractivity contribution in [1.29, 1.82) is 0 Å². The molecule has 0 fully saturated rings. The molecular formula is C21H20N2O3. The Bertz CT molecular complexity index is 827. The highest BCUT2D eigenvalue weighted by molar-refractivity contribution is 5.99. The number of hydrogen-bond donors (Lipinski definition) is 1. The van der Waals surface area contributed by atoms with E-state index in [4.69, 9.17) is 9.47 Å². The zero-order chi connectivity index (χ0) is 18.4. The first-order chi connectivity index (χ1) is 12.7. The molecular weight excluding hydrogens is 328 g/mol. The number of hydrogen-bond acceptors (Lipinski definition) is 4. The fourth-order valence-corrected chi connectivity index (χ4v) is 2.76. The van der Waals surface area contributed by atoms with E-state index in [0.29, 0.717) is 22.9 Å². The third kappa shape index (κ3) is 3.83. The Morgan fingerprint density at radius 3 is 2.38 bits per heavy atom. The topological polar surface area (TPSA) is 60.5 Å². The van der Waals surface area contributed by atoms with Gasteiger partial charge in [-0.2, -0.15) is 0 Å². The van der Waals surface area contributed by atoms with Crippen molar-refractivity contribution < 1.29 is 14.3 Å². The molecule has 26 heavy (non-hydrogen) atoms. The average molecular weight is 348 g/mol. The molecule has 5 heteroatoms. The number of carbonyl (C=O) groups is 1. The van der Waals surface area contributed by atoms with Crippen LogP contribution in [0.1, 0.15) is 17.2 Å². The van der Waals surface area contributed by atoms with E-state index >= 15 is 0 Å². The van der Waals surface area contributed by atoms with Crippen LogP contribution in [0.15, 0.2) is 72.9 Å². The number of methoxy groups -OCH3 is 2. The Hall–Kier alpha value is -3.34. The lowest BCUT2D eigenvalue weighted by Gasteiger charge is -2.18. The highest BCUT2D eigenvalue weighted by Crippen LogP contribution is 2.31. The van der Waals surface area contributed by atoms with Gasteiger partial charge in [0.25, 0.3) is 0 Å². The van der Waals surface area contributed by atoms with Crippen molar-refractivity contribution in [2.45, 2.75) is 5.92 Å². The Morgan fingerprint density at radius 2 is 1.73 bits per heavy atom. The van der Waals surface area contributed by atoms with E-state index in [-0.39, 0.29) is 5.91 Å². The fraction of sp³-hybridized carbons (Fsp3) is 0.143. The number of nitrogens with zero attached hydrogens (tertiary/aromatic N) is 1. The summed E-state index contributed by atoms with van der Waals surface area (Å²) < 4.78 is 10.6. The van der Waals surface area contributed by atoms with Gasteiger partial charge in [0.1, 0.15) is 17.4 Å². The minimum Gasteiger partial charge on any atom is -0.497 e. The van der Waals surface area contributed by atoms with Gasteiger partial charge in [-0.05, 0) is 29.8 Å². The molecule has 1 heterocycles. The van der Waals surface area contributed by atoms with Crippen molar-refractivity contribution in [3.63, 3.8) is 0 Å². The molecule has 2 aromatic carbocycles. The van der Waals surface area contributed by atoms with Crippen LogP contribution in [0.25, 0.3) is 0 Å². The van der Waals surface area contributed by atoms with Gasteiger partial charge in [-0.3, -0.25) is 9.78 Å². The van der Waals surface area contributed by atoms with E-state index in [0.717, 1.165) is 5.56 Å². The van der Waals surface area contributed by atoms with Crippen LogP contribution in [0.2, 0.25) is 0 Å². The standard InChI is InChI=1S/C21H20N2O3/c1-25-16-11-12-17(19(14-16)26-2)23-21(24)20(15-8-4-3-5-9-15)18-10-6-7-13-22-18/h3-14,20H,1-2H3,(H,23,24). The minimum atomic E-state index is -0.524. The van der Waals surface area contributed by atoms with Crippen molar-refractivity contribution >= 4 is 11.6 Å². The molecule has 0 aliphatic carbocycles. The van der Waals surface area contributed by atoms with Crippen LogP contribution in [0.4, 0.5) is 5.69 Å². The maximum Gasteiger partial charge on any atom is 0.238 e. The normalized spacial score (nSPS) is 11.5. The maximum absolute atomic E-state index is 13.1. The fourth-order valence-electron chi connectivity index (χ4n) is 2.76. The first-order valence-corrected chi connectivity index (χ1v) is 8.21. The lowest BCUT2D eigenvalue weighted by Crippen LogP contribution is -2.23. The number of aromatic nitrogens is 1. The largest absolute Gasteiger partial charge is 0.497 e. The van der Waals surface area contributed by atoms with Crippen molar-refractivity contribution in [1.82, 2.24) is 4.98 Å². The number of ether oxygens (including phenoxy) is 2. The third-order valence-corrected chi connectivity index (χ3v) is 4.05. The molecule has 0 saturated carbocycles. The number of anilines is 1. The summed E-state index contributed by atoms with van der Waals surface area (Å²) in [6, 6.07) is 20.4. The second-order valence-corrected chi connectivity index (χ2v) is 5.65. The van der Waals surface area contributed by atoms with Crippen molar-refractivity contribution in [2.24, 2.45) is 0 Å².